The molecule has 0 amide bonds. The van der Waals surface area contributed by atoms with Crippen LogP contribution < -0.4 is 0 Å². The molecule has 0 unspecified atom stereocenters. The van der Waals surface area contributed by atoms with Gasteiger partial charge in [-0.3, -0.25) is 0 Å². The smallest absolute Gasteiger partial charge is 0.104 e. The average Bonchev–Trinajstić information content (AvgIpc) is 3.97. The largest absolute Gasteiger partial charge is 0.308 e. The third kappa shape index (κ3) is 7.35. The van der Waals surface area contributed by atoms with Crippen molar-refractivity contribution in [3.05, 3.63) is 240 Å². The molecule has 2 aromatic heterocycles. The van der Waals surface area contributed by atoms with Gasteiger partial charge in [-0.25, -0.2) is 0 Å². The van der Waals surface area contributed by atoms with Crippen molar-refractivity contribution in [3.8, 4) is 103 Å². The summed E-state index contributed by atoms with van der Waals surface area (Å²) in [6, 6.07) is 80.6. The summed E-state index contributed by atoms with van der Waals surface area (Å²) in [6.45, 7) is 0. The standard InChI is InChI=1S/C66H34N8/c67-35-41-6-1-11-46(26-41)50-16-20-56-57-21-17-51(47-12-2-7-42(27-47)36-68)32-63(57)73(62(56)31-50)61-25-24-55(54-15-5-10-45(30-54)39-71)66(60(61)40-72)74-64-33-52(48-13-3-8-43(28-48)37-69)18-22-58(64)59-23-19-53(34-65(59)74)49-14-4-9-44(29-49)38-70/h1-34H. The van der Waals surface area contributed by atoms with E-state index in [9.17, 15) is 31.6 Å². The van der Waals surface area contributed by atoms with Gasteiger partial charge in [0.1, 0.15) is 11.6 Å². The van der Waals surface area contributed by atoms with Gasteiger partial charge in [0.2, 0.25) is 0 Å². The lowest BCUT2D eigenvalue weighted by atomic mass is 9.96. The zero-order valence-electron chi connectivity index (χ0n) is 39.2. The summed E-state index contributed by atoms with van der Waals surface area (Å²) >= 11 is 0. The molecule has 0 saturated heterocycles. The molecule has 0 aliphatic carbocycles. The van der Waals surface area contributed by atoms with Crippen LogP contribution >= 0.6 is 0 Å². The number of hydrogen-bond donors (Lipinski definition) is 0. The Morgan fingerprint density at radius 1 is 0.257 bits per heavy atom. The van der Waals surface area contributed by atoms with Crippen LogP contribution in [0.4, 0.5) is 0 Å². The summed E-state index contributed by atoms with van der Waals surface area (Å²) in [5.74, 6) is 0. The topological polar surface area (TPSA) is 153 Å². The summed E-state index contributed by atoms with van der Waals surface area (Å²) in [5.41, 5.74) is 15.7. The SMILES string of the molecule is N#Cc1cccc(-c2ccc3c4ccc(-c5cccc(C#N)c5)cc4n(-c4ccc(-c5cccc(C#N)c5)c(-n5c6cc(-c7cccc(C#N)c7)ccc6c6ccc(-c7cccc(C#N)c7)cc65)c4C#N)c3c2)c1. The molecule has 0 aliphatic rings. The summed E-state index contributed by atoms with van der Waals surface area (Å²) in [4.78, 5) is 0. The van der Waals surface area contributed by atoms with Gasteiger partial charge in [0.15, 0.2) is 0 Å². The fraction of sp³-hybridized carbons (Fsp3) is 0. The maximum Gasteiger partial charge on any atom is 0.104 e. The predicted octanol–water partition coefficient (Wildman–Crippen LogP) is 15.4. The summed E-state index contributed by atoms with van der Waals surface area (Å²) in [5, 5.41) is 65.7. The third-order valence-electron chi connectivity index (χ3n) is 13.9. The van der Waals surface area contributed by atoms with E-state index in [0.29, 0.717) is 50.3 Å². The van der Waals surface area contributed by atoms with Gasteiger partial charge in [0, 0.05) is 27.1 Å². The van der Waals surface area contributed by atoms with Crippen LogP contribution in [0.1, 0.15) is 33.4 Å². The first-order chi connectivity index (χ1) is 36.4. The second-order valence-corrected chi connectivity index (χ2v) is 18.0. The molecule has 74 heavy (non-hydrogen) atoms. The minimum atomic E-state index is 0.352. The number of rotatable bonds is 7. The van der Waals surface area contributed by atoms with Crippen LogP contribution in [-0.2, 0) is 0 Å². The van der Waals surface area contributed by atoms with Gasteiger partial charge < -0.3 is 9.13 Å². The predicted molar refractivity (Wildman–Crippen MR) is 291 cm³/mol. The third-order valence-corrected chi connectivity index (χ3v) is 13.9. The Morgan fingerprint density at radius 3 is 0.878 bits per heavy atom. The number of aromatic nitrogens is 2. The second-order valence-electron chi connectivity index (χ2n) is 18.0. The molecule has 0 radical (unpaired) electrons. The minimum Gasteiger partial charge on any atom is -0.308 e. The molecular formula is C66H34N8. The van der Waals surface area contributed by atoms with E-state index in [0.717, 1.165) is 93.7 Å². The van der Waals surface area contributed by atoms with Crippen molar-refractivity contribution in [2.75, 3.05) is 0 Å². The fourth-order valence-corrected chi connectivity index (χ4v) is 10.4. The lowest BCUT2D eigenvalue weighted by molar-refractivity contribution is 1.12. The maximum absolute atomic E-state index is 12.1. The maximum atomic E-state index is 12.1. The van der Waals surface area contributed by atoms with E-state index < -0.39 is 0 Å². The molecule has 10 aromatic carbocycles. The van der Waals surface area contributed by atoms with E-state index in [1.807, 2.05) is 103 Å². The Hall–Kier alpha value is -11.3. The zero-order chi connectivity index (χ0) is 50.5. The first-order valence-electron chi connectivity index (χ1n) is 23.7. The average molecular weight is 939 g/mol. The number of nitrogens with zero attached hydrogens (tertiary/aromatic N) is 8. The molecule has 0 atom stereocenters. The van der Waals surface area contributed by atoms with E-state index >= 15 is 0 Å². The van der Waals surface area contributed by atoms with E-state index in [1.165, 1.54) is 0 Å². The van der Waals surface area contributed by atoms with Crippen LogP contribution in [0.25, 0.3) is 111 Å². The van der Waals surface area contributed by atoms with Crippen LogP contribution in [0, 0.1) is 68.0 Å². The van der Waals surface area contributed by atoms with Gasteiger partial charge in [-0.15, -0.1) is 0 Å². The molecule has 2 heterocycles. The normalized spacial score (nSPS) is 10.9. The number of fused-ring (bicyclic) bond motifs is 6. The van der Waals surface area contributed by atoms with Gasteiger partial charge in [0.25, 0.3) is 0 Å². The summed E-state index contributed by atoms with van der Waals surface area (Å²) in [6.07, 6.45) is 0. The van der Waals surface area contributed by atoms with Gasteiger partial charge in [-0.05, 0) is 141 Å². The molecule has 0 N–H and O–H groups in total. The van der Waals surface area contributed by atoms with Crippen molar-refractivity contribution in [3.63, 3.8) is 0 Å². The lowest BCUT2D eigenvalue weighted by Gasteiger charge is -2.20. The van der Waals surface area contributed by atoms with Gasteiger partial charge in [0.05, 0.1) is 91.6 Å². The molecule has 0 bridgehead atoms. The van der Waals surface area contributed by atoms with Gasteiger partial charge >= 0.3 is 0 Å². The number of nitriles is 6. The van der Waals surface area contributed by atoms with Crippen LogP contribution in [0.2, 0.25) is 0 Å². The van der Waals surface area contributed by atoms with E-state index in [-0.39, 0.29) is 0 Å². The fourth-order valence-electron chi connectivity index (χ4n) is 10.4. The molecule has 0 fully saturated rings. The molecule has 12 rings (SSSR count). The van der Waals surface area contributed by atoms with E-state index in [2.05, 4.69) is 118 Å². The first-order valence-corrected chi connectivity index (χ1v) is 23.7. The molecule has 0 spiro atoms. The highest BCUT2D eigenvalue weighted by atomic mass is 15.0. The highest BCUT2D eigenvalue weighted by Gasteiger charge is 2.26. The molecule has 8 heteroatoms. The van der Waals surface area contributed by atoms with Crippen molar-refractivity contribution in [1.29, 1.82) is 31.6 Å². The Balaban J connectivity index is 1.24. The molecule has 8 nitrogen and oxygen atoms in total. The quantitative estimate of drug-likeness (QED) is 0.155. The Bertz CT molecular complexity index is 4410. The second kappa shape index (κ2) is 17.9. The molecule has 0 aliphatic heterocycles. The van der Waals surface area contributed by atoms with Crippen LogP contribution in [0.3, 0.4) is 0 Å². The van der Waals surface area contributed by atoms with Crippen LogP contribution in [0.5, 0.6) is 0 Å². The van der Waals surface area contributed by atoms with Crippen LogP contribution in [-0.4, -0.2) is 9.13 Å². The zero-order valence-corrected chi connectivity index (χ0v) is 39.2. The monoisotopic (exact) mass is 938 g/mol. The summed E-state index contributed by atoms with van der Waals surface area (Å²) < 4.78 is 4.30. The van der Waals surface area contributed by atoms with E-state index in [4.69, 9.17) is 0 Å². The van der Waals surface area contributed by atoms with Gasteiger partial charge in [-0.1, -0.05) is 115 Å². The van der Waals surface area contributed by atoms with Crippen molar-refractivity contribution in [2.45, 2.75) is 0 Å². The van der Waals surface area contributed by atoms with Crippen molar-refractivity contribution < 1.29 is 0 Å². The number of benzene rings is 10. The van der Waals surface area contributed by atoms with Crippen molar-refractivity contribution in [1.82, 2.24) is 9.13 Å². The first kappa shape index (κ1) is 44.0. The molecule has 338 valence electrons. The van der Waals surface area contributed by atoms with Crippen LogP contribution in [0.15, 0.2) is 206 Å². The minimum absolute atomic E-state index is 0.352. The molecule has 0 saturated carbocycles. The Kier molecular flexibility index (Phi) is 10.7. The Morgan fingerprint density at radius 2 is 0.554 bits per heavy atom. The van der Waals surface area contributed by atoms with Gasteiger partial charge in [-0.2, -0.15) is 31.6 Å². The highest BCUT2D eigenvalue weighted by molar-refractivity contribution is 6.14. The Labute approximate surface area is 425 Å². The summed E-state index contributed by atoms with van der Waals surface area (Å²) in [7, 11) is 0. The highest BCUT2D eigenvalue weighted by Crippen LogP contribution is 2.45. The van der Waals surface area contributed by atoms with E-state index in [1.54, 1.807) is 30.3 Å². The lowest BCUT2D eigenvalue weighted by Crippen LogP contribution is -2.06. The molecule has 12 aromatic rings. The van der Waals surface area contributed by atoms with Crippen molar-refractivity contribution >= 4 is 43.6 Å². The number of hydrogen-bond acceptors (Lipinski definition) is 6. The molecular weight excluding hydrogens is 905 g/mol. The van der Waals surface area contributed by atoms with Crippen molar-refractivity contribution in [2.24, 2.45) is 0 Å².